The first-order chi connectivity index (χ1) is 14.1. The van der Waals surface area contributed by atoms with Gasteiger partial charge in [-0.2, -0.15) is 4.31 Å². The number of nitrogens with zero attached hydrogens (tertiary/aromatic N) is 3. The standard InChI is InChI=1S/C22H30N4O2S/c1-24(18-19-9-3-4-10-21(19)25-13-5-2-6-14-25)22-12-11-20(17-23-22)29(27,28)26-15-7-8-16-26/h3-4,9-12,17H,2,5-8,13-16,18H2,1H3/p+1. The Bertz CT molecular complexity index is 918. The van der Waals surface area contributed by atoms with Gasteiger partial charge in [-0.05, 0) is 44.2 Å². The minimum atomic E-state index is -3.38. The first-order valence-corrected chi connectivity index (χ1v) is 12.1. The van der Waals surface area contributed by atoms with Gasteiger partial charge in [-0.3, -0.25) is 4.90 Å². The van der Waals surface area contributed by atoms with E-state index in [0.29, 0.717) is 18.0 Å². The third kappa shape index (κ3) is 4.41. The van der Waals surface area contributed by atoms with Crippen LogP contribution in [0.25, 0.3) is 0 Å². The number of aromatic nitrogens is 1. The van der Waals surface area contributed by atoms with Crippen LogP contribution in [0.1, 0.15) is 37.7 Å². The van der Waals surface area contributed by atoms with Crippen molar-refractivity contribution >= 4 is 21.5 Å². The highest BCUT2D eigenvalue weighted by atomic mass is 32.2. The minimum Gasteiger partial charge on any atom is -0.371 e. The fraction of sp³-hybridized carbons (Fsp3) is 0.500. The number of piperidine rings is 1. The molecule has 3 heterocycles. The molecule has 0 radical (unpaired) electrons. The molecule has 29 heavy (non-hydrogen) atoms. The van der Waals surface area contributed by atoms with E-state index in [1.807, 2.05) is 13.1 Å². The smallest absolute Gasteiger partial charge is 0.274 e. The Morgan fingerprint density at radius 2 is 1.62 bits per heavy atom. The molecule has 2 fully saturated rings. The van der Waals surface area contributed by atoms with Crippen LogP contribution in [-0.2, 0) is 16.6 Å². The summed E-state index contributed by atoms with van der Waals surface area (Å²) in [4.78, 5) is 8.15. The number of pyridine rings is 1. The van der Waals surface area contributed by atoms with E-state index in [1.165, 1.54) is 30.5 Å². The van der Waals surface area contributed by atoms with Crippen LogP contribution < -0.4 is 14.8 Å². The molecule has 2 aromatic rings. The normalized spacial score (nSPS) is 18.2. The molecule has 1 aromatic heterocycles. The van der Waals surface area contributed by atoms with Crippen molar-refractivity contribution in [2.75, 3.05) is 43.0 Å². The Hall–Kier alpha value is -2.12. The van der Waals surface area contributed by atoms with Crippen LogP contribution in [0.2, 0.25) is 0 Å². The van der Waals surface area contributed by atoms with Crippen LogP contribution in [0.15, 0.2) is 47.5 Å². The van der Waals surface area contributed by atoms with Gasteiger partial charge in [-0.25, -0.2) is 13.4 Å². The van der Waals surface area contributed by atoms with E-state index in [4.69, 9.17) is 0 Å². The Balaban J connectivity index is 1.49. The van der Waals surface area contributed by atoms with Gasteiger partial charge < -0.3 is 4.90 Å². The Labute approximate surface area is 174 Å². The number of para-hydroxylation sites is 1. The molecule has 1 aromatic carbocycles. The van der Waals surface area contributed by atoms with E-state index in [1.54, 1.807) is 16.6 Å². The summed E-state index contributed by atoms with van der Waals surface area (Å²) in [6, 6.07) is 12.2. The number of nitrogens with one attached hydrogen (secondary N) is 1. The average molecular weight is 416 g/mol. The van der Waals surface area contributed by atoms with Crippen molar-refractivity contribution in [1.82, 2.24) is 4.31 Å². The van der Waals surface area contributed by atoms with Crippen molar-refractivity contribution in [2.45, 2.75) is 43.5 Å². The minimum absolute atomic E-state index is 0.338. The molecule has 7 heteroatoms. The Morgan fingerprint density at radius 3 is 2.31 bits per heavy atom. The lowest BCUT2D eigenvalue weighted by Gasteiger charge is -2.30. The molecule has 6 nitrogen and oxygen atoms in total. The summed E-state index contributed by atoms with van der Waals surface area (Å²) in [5.41, 5.74) is 2.60. The van der Waals surface area contributed by atoms with Gasteiger partial charge in [0.1, 0.15) is 17.6 Å². The zero-order valence-electron chi connectivity index (χ0n) is 17.2. The molecule has 0 saturated carbocycles. The summed E-state index contributed by atoms with van der Waals surface area (Å²) in [5.74, 6) is 0.902. The second-order valence-corrected chi connectivity index (χ2v) is 9.99. The van der Waals surface area contributed by atoms with E-state index >= 15 is 0 Å². The maximum atomic E-state index is 12.7. The topological polar surface area (TPSA) is 58.0 Å². The number of hydrogen-bond donors (Lipinski definition) is 0. The average Bonchev–Trinajstić information content (AvgIpc) is 3.31. The number of rotatable bonds is 6. The molecule has 2 aliphatic rings. The van der Waals surface area contributed by atoms with Crippen molar-refractivity contribution in [3.63, 3.8) is 0 Å². The largest absolute Gasteiger partial charge is 0.371 e. The lowest BCUT2D eigenvalue weighted by atomic mass is 10.1. The van der Waals surface area contributed by atoms with E-state index < -0.39 is 10.0 Å². The maximum Gasteiger partial charge on any atom is 0.274 e. The van der Waals surface area contributed by atoms with Gasteiger partial charge >= 0.3 is 0 Å². The number of hydrogen-bond acceptors (Lipinski definition) is 4. The first-order valence-electron chi connectivity index (χ1n) is 10.6. The predicted octanol–water partition coefficient (Wildman–Crippen LogP) is 2.91. The molecule has 0 spiro atoms. The lowest BCUT2D eigenvalue weighted by molar-refractivity contribution is -0.367. The van der Waals surface area contributed by atoms with Crippen molar-refractivity contribution in [3.8, 4) is 0 Å². The van der Waals surface area contributed by atoms with E-state index in [0.717, 1.165) is 38.3 Å². The third-order valence-electron chi connectivity index (χ3n) is 5.98. The maximum absolute atomic E-state index is 12.7. The monoisotopic (exact) mass is 415 g/mol. The Morgan fingerprint density at radius 1 is 0.931 bits per heavy atom. The van der Waals surface area contributed by atoms with Crippen LogP contribution in [0.5, 0.6) is 0 Å². The van der Waals surface area contributed by atoms with Crippen molar-refractivity contribution in [2.24, 2.45) is 0 Å². The fourth-order valence-corrected chi connectivity index (χ4v) is 5.79. The number of benzene rings is 1. The van der Waals surface area contributed by atoms with Gasteiger partial charge in [0, 0.05) is 43.5 Å². The Kier molecular flexibility index (Phi) is 6.06. The molecular formula is C22H31N4O2S+. The second-order valence-electron chi connectivity index (χ2n) is 8.05. The fourth-order valence-electron chi connectivity index (χ4n) is 4.31. The van der Waals surface area contributed by atoms with Gasteiger partial charge in [0.2, 0.25) is 10.0 Å². The van der Waals surface area contributed by atoms with Crippen LogP contribution in [-0.4, -0.2) is 45.9 Å². The molecule has 0 amide bonds. The molecule has 0 bridgehead atoms. The van der Waals surface area contributed by atoms with Crippen LogP contribution >= 0.6 is 0 Å². The molecule has 156 valence electrons. The molecule has 0 unspecified atom stereocenters. The highest BCUT2D eigenvalue weighted by Crippen LogP contribution is 2.26. The lowest BCUT2D eigenvalue weighted by Crippen LogP contribution is -2.32. The van der Waals surface area contributed by atoms with Gasteiger partial charge in [0.25, 0.3) is 5.82 Å². The zero-order valence-corrected chi connectivity index (χ0v) is 18.0. The van der Waals surface area contributed by atoms with E-state index in [-0.39, 0.29) is 0 Å². The number of aromatic amines is 1. The molecule has 4 rings (SSSR count). The molecule has 0 atom stereocenters. The number of sulfonamides is 1. The number of H-pyrrole nitrogens is 1. The van der Waals surface area contributed by atoms with E-state index in [9.17, 15) is 8.42 Å². The first kappa shape index (κ1) is 20.2. The summed E-state index contributed by atoms with van der Waals surface area (Å²) in [5, 5.41) is 0. The number of anilines is 2. The summed E-state index contributed by atoms with van der Waals surface area (Å²) < 4.78 is 27.0. The molecular weight excluding hydrogens is 384 g/mol. The third-order valence-corrected chi connectivity index (χ3v) is 7.87. The molecule has 0 aliphatic carbocycles. The zero-order chi connectivity index (χ0) is 20.3. The summed E-state index contributed by atoms with van der Waals surface area (Å²) in [6.45, 7) is 4.25. The van der Waals surface area contributed by atoms with Crippen molar-refractivity contribution < 1.29 is 13.4 Å². The van der Waals surface area contributed by atoms with Crippen LogP contribution in [0.4, 0.5) is 11.5 Å². The summed E-state index contributed by atoms with van der Waals surface area (Å²) in [6.07, 6.45) is 7.34. The molecule has 2 saturated heterocycles. The van der Waals surface area contributed by atoms with Gasteiger partial charge in [0.05, 0.1) is 7.05 Å². The van der Waals surface area contributed by atoms with Crippen LogP contribution in [0.3, 0.4) is 0 Å². The van der Waals surface area contributed by atoms with Gasteiger partial charge in [-0.15, -0.1) is 0 Å². The molecule has 2 aliphatic heterocycles. The highest BCUT2D eigenvalue weighted by Gasteiger charge is 2.28. The van der Waals surface area contributed by atoms with Gasteiger partial charge in [-0.1, -0.05) is 18.2 Å². The summed E-state index contributed by atoms with van der Waals surface area (Å²) in [7, 11) is -1.35. The highest BCUT2D eigenvalue weighted by molar-refractivity contribution is 7.89. The molecule has 1 N–H and O–H groups in total. The predicted molar refractivity (Wildman–Crippen MR) is 116 cm³/mol. The van der Waals surface area contributed by atoms with Crippen molar-refractivity contribution in [1.29, 1.82) is 0 Å². The van der Waals surface area contributed by atoms with E-state index in [2.05, 4.69) is 39.0 Å². The SMILES string of the molecule is CN(Cc1ccccc1N1CCCCC1)c1ccc(S(=O)(=O)N2CCCC2)c[nH+]1. The van der Waals surface area contributed by atoms with Gasteiger partial charge in [0.15, 0.2) is 0 Å². The quantitative estimate of drug-likeness (QED) is 0.728. The summed E-state index contributed by atoms with van der Waals surface area (Å²) >= 11 is 0. The van der Waals surface area contributed by atoms with Crippen molar-refractivity contribution in [3.05, 3.63) is 48.2 Å². The van der Waals surface area contributed by atoms with Crippen LogP contribution in [0, 0.1) is 0 Å². The second kappa shape index (κ2) is 8.71.